The summed E-state index contributed by atoms with van der Waals surface area (Å²) in [5.41, 5.74) is -0.0789. The molecular formula is C13H15F3O. The average Bonchev–Trinajstić information content (AvgIpc) is 2.80. The van der Waals surface area contributed by atoms with Crippen LogP contribution in [0.1, 0.15) is 42.9 Å². The number of alkyl halides is 3. The molecule has 1 atom stereocenters. The highest BCUT2D eigenvalue weighted by Gasteiger charge is 2.31. The van der Waals surface area contributed by atoms with Gasteiger partial charge in [-0.1, -0.05) is 25.0 Å². The fourth-order valence-corrected chi connectivity index (χ4v) is 2.41. The van der Waals surface area contributed by atoms with Crippen molar-refractivity contribution in [2.24, 2.45) is 5.92 Å². The molecule has 17 heavy (non-hydrogen) atoms. The summed E-state index contributed by atoms with van der Waals surface area (Å²) in [6, 6.07) is 4.83. The monoisotopic (exact) mass is 244 g/mol. The van der Waals surface area contributed by atoms with Gasteiger partial charge < -0.3 is 5.11 Å². The summed E-state index contributed by atoms with van der Waals surface area (Å²) in [6.07, 6.45) is -0.814. The Hall–Kier alpha value is -1.03. The SMILES string of the molecule is O[C@H](c1ccc(C(F)(F)F)cc1)C1CCCC1. The van der Waals surface area contributed by atoms with Crippen LogP contribution in [0.4, 0.5) is 13.2 Å². The Kier molecular flexibility index (Phi) is 3.43. The molecule has 1 aromatic carbocycles. The van der Waals surface area contributed by atoms with E-state index in [-0.39, 0.29) is 5.92 Å². The van der Waals surface area contributed by atoms with Gasteiger partial charge >= 0.3 is 6.18 Å². The molecule has 4 heteroatoms. The van der Waals surface area contributed by atoms with E-state index in [0.29, 0.717) is 5.56 Å². The van der Waals surface area contributed by atoms with E-state index >= 15 is 0 Å². The minimum Gasteiger partial charge on any atom is -0.388 e. The maximum Gasteiger partial charge on any atom is 0.416 e. The van der Waals surface area contributed by atoms with Crippen molar-refractivity contribution in [2.45, 2.75) is 38.0 Å². The molecule has 0 saturated heterocycles. The molecule has 0 aromatic heterocycles. The topological polar surface area (TPSA) is 20.2 Å². The molecule has 0 amide bonds. The molecule has 2 rings (SSSR count). The predicted molar refractivity (Wildman–Crippen MR) is 58.4 cm³/mol. The van der Waals surface area contributed by atoms with Gasteiger partial charge in [0.15, 0.2) is 0 Å². The summed E-state index contributed by atoms with van der Waals surface area (Å²) < 4.78 is 37.1. The van der Waals surface area contributed by atoms with Crippen molar-refractivity contribution in [3.05, 3.63) is 35.4 Å². The summed E-state index contributed by atoms with van der Waals surface area (Å²) in [6.45, 7) is 0. The Morgan fingerprint density at radius 3 is 2.06 bits per heavy atom. The van der Waals surface area contributed by atoms with Crippen LogP contribution in [-0.4, -0.2) is 5.11 Å². The highest BCUT2D eigenvalue weighted by Crippen LogP contribution is 2.36. The maximum absolute atomic E-state index is 12.4. The van der Waals surface area contributed by atoms with E-state index in [1.165, 1.54) is 12.1 Å². The molecule has 0 aliphatic heterocycles. The first kappa shape index (κ1) is 12.4. The second-order valence-electron chi connectivity index (χ2n) is 4.61. The summed E-state index contributed by atoms with van der Waals surface area (Å²) in [5.74, 6) is 0.201. The zero-order valence-corrected chi connectivity index (χ0v) is 9.37. The third kappa shape index (κ3) is 2.80. The van der Waals surface area contributed by atoms with E-state index in [1.807, 2.05) is 0 Å². The highest BCUT2D eigenvalue weighted by molar-refractivity contribution is 5.26. The van der Waals surface area contributed by atoms with Gasteiger partial charge in [0.25, 0.3) is 0 Å². The summed E-state index contributed by atoms with van der Waals surface area (Å²) >= 11 is 0. The van der Waals surface area contributed by atoms with Crippen molar-refractivity contribution in [3.8, 4) is 0 Å². The largest absolute Gasteiger partial charge is 0.416 e. The fourth-order valence-electron chi connectivity index (χ4n) is 2.41. The van der Waals surface area contributed by atoms with Crippen LogP contribution in [-0.2, 0) is 6.18 Å². The van der Waals surface area contributed by atoms with Crippen LogP contribution in [0.5, 0.6) is 0 Å². The molecule has 1 aliphatic rings. The average molecular weight is 244 g/mol. The van der Waals surface area contributed by atoms with E-state index in [1.54, 1.807) is 0 Å². The normalized spacial score (nSPS) is 19.5. The van der Waals surface area contributed by atoms with E-state index < -0.39 is 17.8 Å². The van der Waals surface area contributed by atoms with E-state index in [9.17, 15) is 18.3 Å². The Bertz CT molecular complexity index is 363. The highest BCUT2D eigenvalue weighted by atomic mass is 19.4. The number of hydrogen-bond acceptors (Lipinski definition) is 1. The number of aliphatic hydroxyl groups is 1. The molecule has 0 heterocycles. The molecule has 1 nitrogen and oxygen atoms in total. The molecule has 0 radical (unpaired) electrons. The minimum atomic E-state index is -4.31. The van der Waals surface area contributed by atoms with Crippen LogP contribution in [0.15, 0.2) is 24.3 Å². The lowest BCUT2D eigenvalue weighted by Gasteiger charge is -2.18. The lowest BCUT2D eigenvalue weighted by Crippen LogP contribution is -2.10. The zero-order chi connectivity index (χ0) is 12.5. The number of halogens is 3. The summed E-state index contributed by atoms with van der Waals surface area (Å²) in [4.78, 5) is 0. The third-order valence-corrected chi connectivity index (χ3v) is 3.43. The molecule has 1 N–H and O–H groups in total. The predicted octanol–water partition coefficient (Wildman–Crippen LogP) is 3.93. The van der Waals surface area contributed by atoms with Crippen molar-refractivity contribution in [2.75, 3.05) is 0 Å². The number of aliphatic hydroxyl groups excluding tert-OH is 1. The number of benzene rings is 1. The lowest BCUT2D eigenvalue weighted by molar-refractivity contribution is -0.137. The van der Waals surface area contributed by atoms with Gasteiger partial charge in [-0.05, 0) is 36.5 Å². The Balaban J connectivity index is 2.12. The van der Waals surface area contributed by atoms with Gasteiger partial charge in [-0.15, -0.1) is 0 Å². The first-order valence-electron chi connectivity index (χ1n) is 5.84. The second-order valence-corrected chi connectivity index (χ2v) is 4.61. The number of rotatable bonds is 2. The first-order valence-corrected chi connectivity index (χ1v) is 5.84. The molecule has 1 aliphatic carbocycles. The van der Waals surface area contributed by atoms with Crippen LogP contribution in [0, 0.1) is 5.92 Å². The Labute approximate surface area is 98.3 Å². The van der Waals surface area contributed by atoms with Gasteiger partial charge in [0.2, 0.25) is 0 Å². The van der Waals surface area contributed by atoms with Crippen LogP contribution in [0.25, 0.3) is 0 Å². The fraction of sp³-hybridized carbons (Fsp3) is 0.538. The van der Waals surface area contributed by atoms with Crippen LogP contribution in [0.3, 0.4) is 0 Å². The molecule has 1 aromatic rings. The van der Waals surface area contributed by atoms with Crippen molar-refractivity contribution >= 4 is 0 Å². The standard InChI is InChI=1S/C13H15F3O/c14-13(15,16)11-7-5-10(6-8-11)12(17)9-3-1-2-4-9/h5-9,12,17H,1-4H2/t12-/m0/s1. The Morgan fingerprint density at radius 1 is 1.06 bits per heavy atom. The first-order chi connectivity index (χ1) is 7.98. The molecule has 0 spiro atoms. The molecular weight excluding hydrogens is 229 g/mol. The maximum atomic E-state index is 12.4. The van der Waals surface area contributed by atoms with Crippen molar-refractivity contribution in [1.82, 2.24) is 0 Å². The summed E-state index contributed by atoms with van der Waals surface area (Å²) in [7, 11) is 0. The van der Waals surface area contributed by atoms with Gasteiger partial charge in [0.05, 0.1) is 11.7 Å². The Morgan fingerprint density at radius 2 is 1.59 bits per heavy atom. The smallest absolute Gasteiger partial charge is 0.388 e. The number of hydrogen-bond donors (Lipinski definition) is 1. The molecule has 94 valence electrons. The van der Waals surface area contributed by atoms with Crippen molar-refractivity contribution in [1.29, 1.82) is 0 Å². The van der Waals surface area contributed by atoms with Crippen LogP contribution < -0.4 is 0 Å². The summed E-state index contributed by atoms with van der Waals surface area (Å²) in [5, 5.41) is 10.0. The molecule has 0 unspecified atom stereocenters. The van der Waals surface area contributed by atoms with E-state index in [0.717, 1.165) is 37.8 Å². The van der Waals surface area contributed by atoms with Crippen molar-refractivity contribution < 1.29 is 18.3 Å². The van der Waals surface area contributed by atoms with Gasteiger partial charge in [-0.25, -0.2) is 0 Å². The zero-order valence-electron chi connectivity index (χ0n) is 9.37. The molecule has 0 bridgehead atoms. The van der Waals surface area contributed by atoms with Crippen LogP contribution >= 0.6 is 0 Å². The van der Waals surface area contributed by atoms with Crippen molar-refractivity contribution in [3.63, 3.8) is 0 Å². The van der Waals surface area contributed by atoms with Gasteiger partial charge in [0.1, 0.15) is 0 Å². The second kappa shape index (κ2) is 4.69. The van der Waals surface area contributed by atoms with Gasteiger partial charge in [-0.2, -0.15) is 13.2 Å². The van der Waals surface area contributed by atoms with Crippen LogP contribution in [0.2, 0.25) is 0 Å². The van der Waals surface area contributed by atoms with E-state index in [2.05, 4.69) is 0 Å². The quantitative estimate of drug-likeness (QED) is 0.835. The molecule has 1 saturated carbocycles. The lowest BCUT2D eigenvalue weighted by atomic mass is 9.94. The van der Waals surface area contributed by atoms with E-state index in [4.69, 9.17) is 0 Å². The minimum absolute atomic E-state index is 0.201. The van der Waals surface area contributed by atoms with Gasteiger partial charge in [0, 0.05) is 0 Å². The third-order valence-electron chi connectivity index (χ3n) is 3.43. The van der Waals surface area contributed by atoms with Gasteiger partial charge in [-0.3, -0.25) is 0 Å². The molecule has 1 fully saturated rings.